The van der Waals surface area contributed by atoms with Crippen LogP contribution in [0.2, 0.25) is 0 Å². The third-order valence-electron chi connectivity index (χ3n) is 5.67. The fourth-order valence-corrected chi connectivity index (χ4v) is 4.05. The quantitative estimate of drug-likeness (QED) is 0.340. The molecule has 2 aliphatic rings. The smallest absolute Gasteiger partial charge is 0.191 e. The van der Waals surface area contributed by atoms with Gasteiger partial charge in [-0.05, 0) is 38.8 Å². The summed E-state index contributed by atoms with van der Waals surface area (Å²) in [7, 11) is 1.83. The first-order chi connectivity index (χ1) is 12.8. The van der Waals surface area contributed by atoms with Crippen molar-refractivity contribution < 1.29 is 4.74 Å². The molecule has 1 aromatic heterocycles. The van der Waals surface area contributed by atoms with Crippen molar-refractivity contribution in [3.63, 3.8) is 0 Å². The van der Waals surface area contributed by atoms with Gasteiger partial charge >= 0.3 is 0 Å². The number of ether oxygens (including phenoxy) is 1. The number of guanidine groups is 1. The van der Waals surface area contributed by atoms with Crippen molar-refractivity contribution in [3.05, 3.63) is 12.2 Å². The second-order valence-electron chi connectivity index (χ2n) is 7.18. The number of aromatic nitrogens is 3. The number of aryl methyl sites for hydroxylation is 1. The largest absolute Gasteiger partial charge is 0.381 e. The third-order valence-corrected chi connectivity index (χ3v) is 5.67. The first kappa shape index (κ1) is 22.4. The third kappa shape index (κ3) is 5.77. The van der Waals surface area contributed by atoms with Crippen LogP contribution in [-0.2, 0) is 17.7 Å². The molecule has 0 unspecified atom stereocenters. The number of rotatable bonds is 7. The summed E-state index contributed by atoms with van der Waals surface area (Å²) in [6, 6.07) is 0. The number of nitrogens with one attached hydrogen (secondary N) is 2. The maximum absolute atomic E-state index is 5.63. The zero-order valence-corrected chi connectivity index (χ0v) is 18.9. The molecule has 0 aromatic carbocycles. The molecule has 27 heavy (non-hydrogen) atoms. The Morgan fingerprint density at radius 2 is 2.00 bits per heavy atom. The summed E-state index contributed by atoms with van der Waals surface area (Å²) >= 11 is 0. The van der Waals surface area contributed by atoms with Gasteiger partial charge in [0.05, 0.1) is 0 Å². The van der Waals surface area contributed by atoms with E-state index in [4.69, 9.17) is 4.74 Å². The minimum absolute atomic E-state index is 0. The van der Waals surface area contributed by atoms with Gasteiger partial charge in [0.15, 0.2) is 5.96 Å². The summed E-state index contributed by atoms with van der Waals surface area (Å²) in [6.07, 6.45) is 7.51. The van der Waals surface area contributed by atoms with E-state index >= 15 is 0 Å². The highest BCUT2D eigenvalue weighted by Crippen LogP contribution is 2.30. The number of aliphatic imine (C=N–C) groups is 1. The Morgan fingerprint density at radius 1 is 1.26 bits per heavy atom. The molecule has 0 aliphatic carbocycles. The molecule has 0 radical (unpaired) electrons. The van der Waals surface area contributed by atoms with Gasteiger partial charge in [0.1, 0.15) is 12.2 Å². The fourth-order valence-electron chi connectivity index (χ4n) is 4.05. The SMILES string of the molecule is CCc1nncn1CCNC(=NC)NCC1(N2CCCC2)CCOCC1.I. The Kier molecular flexibility index (Phi) is 9.24. The van der Waals surface area contributed by atoms with Gasteiger partial charge in [0.25, 0.3) is 0 Å². The standard InChI is InChI=1S/C18H33N7O.HI/c1-3-16-23-22-15-24(16)11-8-20-17(19-2)21-14-18(6-12-26-13-7-18)25-9-4-5-10-25;/h15H,3-14H2,1-2H3,(H2,19,20,21);1H. The van der Waals surface area contributed by atoms with E-state index in [0.717, 1.165) is 63.9 Å². The van der Waals surface area contributed by atoms with Crippen molar-refractivity contribution in [3.8, 4) is 0 Å². The van der Waals surface area contributed by atoms with Crippen LogP contribution in [-0.4, -0.2) is 77.6 Å². The van der Waals surface area contributed by atoms with Gasteiger partial charge in [-0.15, -0.1) is 34.2 Å². The zero-order chi connectivity index (χ0) is 18.2. The van der Waals surface area contributed by atoms with E-state index < -0.39 is 0 Å². The van der Waals surface area contributed by atoms with E-state index in [1.54, 1.807) is 6.33 Å². The first-order valence-corrected chi connectivity index (χ1v) is 9.91. The molecule has 3 heterocycles. The summed E-state index contributed by atoms with van der Waals surface area (Å²) in [5.41, 5.74) is 0.204. The molecule has 2 N–H and O–H groups in total. The molecule has 154 valence electrons. The van der Waals surface area contributed by atoms with Crippen LogP contribution in [0.25, 0.3) is 0 Å². The van der Waals surface area contributed by atoms with Crippen molar-refractivity contribution in [1.82, 2.24) is 30.3 Å². The van der Waals surface area contributed by atoms with E-state index in [9.17, 15) is 0 Å². The maximum Gasteiger partial charge on any atom is 0.191 e. The number of hydrogen-bond donors (Lipinski definition) is 2. The van der Waals surface area contributed by atoms with E-state index in [-0.39, 0.29) is 29.5 Å². The van der Waals surface area contributed by atoms with Crippen LogP contribution in [0.4, 0.5) is 0 Å². The Morgan fingerprint density at radius 3 is 2.67 bits per heavy atom. The van der Waals surface area contributed by atoms with Gasteiger partial charge in [0.2, 0.25) is 0 Å². The maximum atomic E-state index is 5.63. The average molecular weight is 491 g/mol. The minimum Gasteiger partial charge on any atom is -0.381 e. The lowest BCUT2D eigenvalue weighted by Crippen LogP contribution is -2.58. The Labute approximate surface area is 179 Å². The second kappa shape index (κ2) is 11.2. The van der Waals surface area contributed by atoms with Crippen LogP contribution < -0.4 is 10.6 Å². The Hall–Kier alpha value is -0.940. The summed E-state index contributed by atoms with van der Waals surface area (Å²) in [4.78, 5) is 7.06. The van der Waals surface area contributed by atoms with Gasteiger partial charge in [0, 0.05) is 51.9 Å². The zero-order valence-electron chi connectivity index (χ0n) is 16.6. The summed E-state index contributed by atoms with van der Waals surface area (Å²) in [5.74, 6) is 1.88. The van der Waals surface area contributed by atoms with Crippen LogP contribution in [0.1, 0.15) is 38.4 Å². The number of likely N-dealkylation sites (tertiary alicyclic amines) is 1. The molecule has 0 spiro atoms. The predicted octanol–water partition coefficient (Wildman–Crippen LogP) is 1.27. The van der Waals surface area contributed by atoms with Gasteiger partial charge < -0.3 is 19.9 Å². The lowest BCUT2D eigenvalue weighted by Gasteiger charge is -2.45. The molecular weight excluding hydrogens is 457 g/mol. The molecule has 0 saturated carbocycles. The summed E-state index contributed by atoms with van der Waals surface area (Å²) in [6.45, 7) is 8.78. The van der Waals surface area contributed by atoms with Gasteiger partial charge in [-0.1, -0.05) is 6.92 Å². The van der Waals surface area contributed by atoms with Crippen LogP contribution in [0, 0.1) is 0 Å². The van der Waals surface area contributed by atoms with Crippen molar-refractivity contribution in [1.29, 1.82) is 0 Å². The predicted molar refractivity (Wildman–Crippen MR) is 118 cm³/mol. The minimum atomic E-state index is 0. The number of nitrogens with zero attached hydrogens (tertiary/aromatic N) is 5. The molecule has 9 heteroatoms. The van der Waals surface area contributed by atoms with Crippen molar-refractivity contribution in [2.45, 2.75) is 51.1 Å². The lowest BCUT2D eigenvalue weighted by atomic mass is 9.88. The molecule has 0 amide bonds. The van der Waals surface area contributed by atoms with E-state index in [0.29, 0.717) is 0 Å². The van der Waals surface area contributed by atoms with E-state index in [2.05, 4.69) is 42.2 Å². The molecular formula is C18H34IN7O. The van der Waals surface area contributed by atoms with Crippen LogP contribution in [0.3, 0.4) is 0 Å². The topological polar surface area (TPSA) is 79.6 Å². The molecule has 2 fully saturated rings. The highest BCUT2D eigenvalue weighted by molar-refractivity contribution is 14.0. The molecule has 0 atom stereocenters. The molecule has 3 rings (SSSR count). The van der Waals surface area contributed by atoms with E-state index in [1.807, 2.05) is 7.05 Å². The number of halogens is 1. The number of hydrogen-bond acceptors (Lipinski definition) is 5. The van der Waals surface area contributed by atoms with Gasteiger partial charge in [-0.2, -0.15) is 0 Å². The normalized spacial score (nSPS) is 20.3. The van der Waals surface area contributed by atoms with Gasteiger partial charge in [-0.3, -0.25) is 9.89 Å². The summed E-state index contributed by atoms with van der Waals surface area (Å²) < 4.78 is 7.72. The van der Waals surface area contributed by atoms with Crippen LogP contribution in [0.15, 0.2) is 11.3 Å². The van der Waals surface area contributed by atoms with Crippen molar-refractivity contribution in [2.24, 2.45) is 4.99 Å². The van der Waals surface area contributed by atoms with Gasteiger partial charge in [-0.25, -0.2) is 0 Å². The van der Waals surface area contributed by atoms with Crippen LogP contribution >= 0.6 is 24.0 Å². The summed E-state index contributed by atoms with van der Waals surface area (Å²) in [5, 5.41) is 15.1. The molecule has 8 nitrogen and oxygen atoms in total. The molecule has 1 aromatic rings. The molecule has 0 bridgehead atoms. The monoisotopic (exact) mass is 491 g/mol. The molecule has 2 saturated heterocycles. The second-order valence-corrected chi connectivity index (χ2v) is 7.18. The highest BCUT2D eigenvalue weighted by Gasteiger charge is 2.39. The highest BCUT2D eigenvalue weighted by atomic mass is 127. The Balaban J connectivity index is 0.00000261. The van der Waals surface area contributed by atoms with Crippen LogP contribution in [0.5, 0.6) is 0 Å². The Bertz CT molecular complexity index is 580. The van der Waals surface area contributed by atoms with E-state index in [1.165, 1.54) is 25.9 Å². The van der Waals surface area contributed by atoms with Crippen molar-refractivity contribution >= 4 is 29.9 Å². The average Bonchev–Trinajstić information content (AvgIpc) is 3.37. The van der Waals surface area contributed by atoms with Crippen molar-refractivity contribution in [2.75, 3.05) is 46.4 Å². The first-order valence-electron chi connectivity index (χ1n) is 9.91. The fraction of sp³-hybridized carbons (Fsp3) is 0.833. The molecule has 2 aliphatic heterocycles. The lowest BCUT2D eigenvalue weighted by molar-refractivity contribution is -0.0164.